The van der Waals surface area contributed by atoms with Gasteiger partial charge in [-0.3, -0.25) is 0 Å². The fourth-order valence-electron chi connectivity index (χ4n) is 1.58. The number of carboxylic acids is 1. The fourth-order valence-corrected chi connectivity index (χ4v) is 1.58. The molecule has 88 valence electrons. The average molecular weight is 237 g/mol. The molecule has 1 aromatic carbocycles. The molecule has 2 aromatic rings. The SMILES string of the molecule is O=C(O)c1cccn1Cc1ccc(F)c(F)c1. The van der Waals surface area contributed by atoms with Crippen LogP contribution in [0.2, 0.25) is 0 Å². The molecule has 0 saturated carbocycles. The molecule has 0 radical (unpaired) electrons. The third-order valence-electron chi connectivity index (χ3n) is 2.39. The molecule has 17 heavy (non-hydrogen) atoms. The van der Waals surface area contributed by atoms with Crippen LogP contribution in [0.25, 0.3) is 0 Å². The summed E-state index contributed by atoms with van der Waals surface area (Å²) in [5.74, 6) is -2.91. The van der Waals surface area contributed by atoms with Crippen LogP contribution in [0.1, 0.15) is 16.1 Å². The monoisotopic (exact) mass is 237 g/mol. The zero-order valence-corrected chi connectivity index (χ0v) is 8.73. The number of rotatable bonds is 3. The lowest BCUT2D eigenvalue weighted by Crippen LogP contribution is -2.08. The van der Waals surface area contributed by atoms with E-state index in [4.69, 9.17) is 5.11 Å². The minimum absolute atomic E-state index is 0.106. The number of aromatic carboxylic acids is 1. The Labute approximate surface area is 95.9 Å². The summed E-state index contributed by atoms with van der Waals surface area (Å²) in [6.07, 6.45) is 1.57. The van der Waals surface area contributed by atoms with E-state index in [1.807, 2.05) is 0 Å². The highest BCUT2D eigenvalue weighted by Crippen LogP contribution is 2.12. The van der Waals surface area contributed by atoms with Crippen molar-refractivity contribution < 1.29 is 18.7 Å². The van der Waals surface area contributed by atoms with E-state index in [1.54, 1.807) is 12.3 Å². The summed E-state index contributed by atoms with van der Waals surface area (Å²) in [5.41, 5.74) is 0.609. The minimum atomic E-state index is -1.06. The van der Waals surface area contributed by atoms with Gasteiger partial charge in [-0.1, -0.05) is 6.07 Å². The molecule has 0 atom stereocenters. The molecule has 0 aliphatic heterocycles. The number of halogens is 2. The van der Waals surface area contributed by atoms with E-state index < -0.39 is 17.6 Å². The second-order valence-electron chi connectivity index (χ2n) is 3.57. The quantitative estimate of drug-likeness (QED) is 0.891. The summed E-state index contributed by atoms with van der Waals surface area (Å²) in [5, 5.41) is 8.88. The Morgan fingerprint density at radius 1 is 1.24 bits per heavy atom. The maximum absolute atomic E-state index is 13.0. The molecular weight excluding hydrogens is 228 g/mol. The number of benzene rings is 1. The Hall–Kier alpha value is -2.17. The summed E-state index contributed by atoms with van der Waals surface area (Å²) < 4.78 is 27.1. The lowest BCUT2D eigenvalue weighted by atomic mass is 10.2. The van der Waals surface area contributed by atoms with Crippen molar-refractivity contribution >= 4 is 5.97 Å². The molecule has 1 aromatic heterocycles. The van der Waals surface area contributed by atoms with Crippen LogP contribution in [0.4, 0.5) is 8.78 Å². The molecule has 5 heteroatoms. The van der Waals surface area contributed by atoms with Crippen molar-refractivity contribution in [2.75, 3.05) is 0 Å². The zero-order valence-electron chi connectivity index (χ0n) is 8.73. The van der Waals surface area contributed by atoms with E-state index in [0.29, 0.717) is 5.56 Å². The highest BCUT2D eigenvalue weighted by molar-refractivity contribution is 5.85. The highest BCUT2D eigenvalue weighted by Gasteiger charge is 2.09. The van der Waals surface area contributed by atoms with Gasteiger partial charge in [0.15, 0.2) is 11.6 Å². The Balaban J connectivity index is 2.28. The highest BCUT2D eigenvalue weighted by atomic mass is 19.2. The molecule has 0 aliphatic rings. The zero-order chi connectivity index (χ0) is 12.4. The number of hydrogen-bond donors (Lipinski definition) is 1. The molecule has 3 nitrogen and oxygen atoms in total. The molecule has 0 saturated heterocycles. The Morgan fingerprint density at radius 2 is 2.00 bits per heavy atom. The van der Waals surface area contributed by atoms with Crippen LogP contribution in [0.5, 0.6) is 0 Å². The molecule has 0 aliphatic carbocycles. The first kappa shape index (κ1) is 11.3. The predicted octanol–water partition coefficient (Wildman–Crippen LogP) is 2.51. The predicted molar refractivity (Wildman–Crippen MR) is 56.9 cm³/mol. The summed E-state index contributed by atoms with van der Waals surface area (Å²) in [6, 6.07) is 6.53. The van der Waals surface area contributed by atoms with Gasteiger partial charge in [-0.2, -0.15) is 0 Å². The van der Waals surface area contributed by atoms with Crippen LogP contribution in [0.15, 0.2) is 36.5 Å². The van der Waals surface area contributed by atoms with Gasteiger partial charge < -0.3 is 9.67 Å². The van der Waals surface area contributed by atoms with Crippen molar-refractivity contribution in [2.45, 2.75) is 6.54 Å². The summed E-state index contributed by atoms with van der Waals surface area (Å²) in [4.78, 5) is 10.8. The Kier molecular flexibility index (Phi) is 2.91. The van der Waals surface area contributed by atoms with Crippen LogP contribution in [-0.4, -0.2) is 15.6 Å². The van der Waals surface area contributed by atoms with Crippen LogP contribution in [0.3, 0.4) is 0 Å². The molecule has 0 spiro atoms. The molecular formula is C12H9F2NO2. The topological polar surface area (TPSA) is 42.2 Å². The largest absolute Gasteiger partial charge is 0.477 e. The first-order chi connectivity index (χ1) is 8.08. The number of hydrogen-bond acceptors (Lipinski definition) is 1. The first-order valence-corrected chi connectivity index (χ1v) is 4.90. The number of carboxylic acid groups (broad SMARTS) is 1. The maximum atomic E-state index is 13.0. The smallest absolute Gasteiger partial charge is 0.352 e. The van der Waals surface area contributed by atoms with Crippen molar-refractivity contribution in [2.24, 2.45) is 0 Å². The molecule has 0 amide bonds. The van der Waals surface area contributed by atoms with E-state index in [2.05, 4.69) is 0 Å². The molecule has 0 bridgehead atoms. The van der Waals surface area contributed by atoms with Crippen molar-refractivity contribution in [3.63, 3.8) is 0 Å². The normalized spacial score (nSPS) is 10.5. The molecule has 0 unspecified atom stereocenters. The second kappa shape index (κ2) is 4.37. The van der Waals surface area contributed by atoms with Gasteiger partial charge in [0.05, 0.1) is 0 Å². The lowest BCUT2D eigenvalue weighted by molar-refractivity contribution is 0.0685. The summed E-state index contributed by atoms with van der Waals surface area (Å²) in [7, 11) is 0. The molecule has 2 rings (SSSR count). The van der Waals surface area contributed by atoms with E-state index >= 15 is 0 Å². The van der Waals surface area contributed by atoms with Crippen LogP contribution < -0.4 is 0 Å². The average Bonchev–Trinajstić information content (AvgIpc) is 2.72. The van der Waals surface area contributed by atoms with Gasteiger partial charge in [-0.25, -0.2) is 13.6 Å². The van der Waals surface area contributed by atoms with Gasteiger partial charge in [0, 0.05) is 12.7 Å². The lowest BCUT2D eigenvalue weighted by Gasteiger charge is -2.06. The maximum Gasteiger partial charge on any atom is 0.352 e. The van der Waals surface area contributed by atoms with Gasteiger partial charge in [-0.05, 0) is 29.8 Å². The molecule has 1 N–H and O–H groups in total. The van der Waals surface area contributed by atoms with Crippen LogP contribution >= 0.6 is 0 Å². The van der Waals surface area contributed by atoms with Gasteiger partial charge >= 0.3 is 5.97 Å². The van der Waals surface area contributed by atoms with Crippen molar-refractivity contribution in [1.29, 1.82) is 0 Å². The van der Waals surface area contributed by atoms with E-state index in [9.17, 15) is 13.6 Å². The number of nitrogens with zero attached hydrogens (tertiary/aromatic N) is 1. The van der Waals surface area contributed by atoms with E-state index in [-0.39, 0.29) is 12.2 Å². The third-order valence-corrected chi connectivity index (χ3v) is 2.39. The molecule has 1 heterocycles. The van der Waals surface area contributed by atoms with E-state index in [1.165, 1.54) is 16.7 Å². The van der Waals surface area contributed by atoms with Crippen molar-refractivity contribution in [3.05, 3.63) is 59.4 Å². The first-order valence-electron chi connectivity index (χ1n) is 4.90. The van der Waals surface area contributed by atoms with Gasteiger partial charge in [-0.15, -0.1) is 0 Å². The number of aromatic nitrogens is 1. The molecule has 0 fully saturated rings. The Bertz CT molecular complexity index is 563. The van der Waals surface area contributed by atoms with Gasteiger partial charge in [0.1, 0.15) is 5.69 Å². The van der Waals surface area contributed by atoms with Crippen molar-refractivity contribution in [3.8, 4) is 0 Å². The van der Waals surface area contributed by atoms with Gasteiger partial charge in [0.2, 0.25) is 0 Å². The minimum Gasteiger partial charge on any atom is -0.477 e. The van der Waals surface area contributed by atoms with Gasteiger partial charge in [0.25, 0.3) is 0 Å². The Morgan fingerprint density at radius 3 is 2.65 bits per heavy atom. The van der Waals surface area contributed by atoms with Crippen LogP contribution in [0, 0.1) is 11.6 Å². The van der Waals surface area contributed by atoms with Crippen LogP contribution in [-0.2, 0) is 6.54 Å². The summed E-state index contributed by atoms with van der Waals surface area (Å²) in [6.45, 7) is 0.186. The third kappa shape index (κ3) is 2.33. The summed E-state index contributed by atoms with van der Waals surface area (Å²) >= 11 is 0. The van der Waals surface area contributed by atoms with Crippen molar-refractivity contribution in [1.82, 2.24) is 4.57 Å². The fraction of sp³-hybridized carbons (Fsp3) is 0.0833. The number of carbonyl (C=O) groups is 1. The standard InChI is InChI=1S/C12H9F2NO2/c13-9-4-3-8(6-10(9)14)7-15-5-1-2-11(15)12(16)17/h1-6H,7H2,(H,16,17). The second-order valence-corrected chi connectivity index (χ2v) is 3.57. The van der Waals surface area contributed by atoms with E-state index in [0.717, 1.165) is 12.1 Å².